The molecule has 4 heteroatoms. The van der Waals surface area contributed by atoms with Gasteiger partial charge >= 0.3 is 0 Å². The number of aldehydes is 1. The summed E-state index contributed by atoms with van der Waals surface area (Å²) in [6.07, 6.45) is 2.82. The van der Waals surface area contributed by atoms with E-state index in [0.29, 0.717) is 23.3 Å². The second-order valence-corrected chi connectivity index (χ2v) is 8.01. The number of methoxy groups -OCH3 is 1. The number of carbonyl (C=O) groups excluding carboxylic acids is 1. The Labute approximate surface area is 150 Å². The highest BCUT2D eigenvalue weighted by molar-refractivity contribution is 5.87. The van der Waals surface area contributed by atoms with Gasteiger partial charge in [0.05, 0.1) is 0 Å². The van der Waals surface area contributed by atoms with Crippen LogP contribution in [0.5, 0.6) is 5.75 Å². The number of rotatable bonds is 6. The molecule has 25 heavy (non-hydrogen) atoms. The van der Waals surface area contributed by atoms with Gasteiger partial charge in [0.2, 0.25) is 0 Å². The van der Waals surface area contributed by atoms with Gasteiger partial charge in [-0.3, -0.25) is 4.79 Å². The minimum Gasteiger partial charge on any atom is -0.467 e. The largest absolute Gasteiger partial charge is 0.467 e. The zero-order chi connectivity index (χ0) is 18.8. The Kier molecular flexibility index (Phi) is 5.72. The molecule has 1 aliphatic carbocycles. The van der Waals surface area contributed by atoms with E-state index in [1.165, 1.54) is 11.1 Å². The smallest absolute Gasteiger partial charge is 0.188 e. The normalized spacial score (nSPS) is 19.0. The van der Waals surface area contributed by atoms with E-state index in [1.54, 1.807) is 7.11 Å². The first kappa shape index (κ1) is 19.6. The number of hydrogen-bond acceptors (Lipinski definition) is 3. The van der Waals surface area contributed by atoms with Crippen molar-refractivity contribution in [3.8, 4) is 5.75 Å². The molecular formula is C21H29FO3. The van der Waals surface area contributed by atoms with Crippen LogP contribution in [0.4, 0.5) is 4.39 Å². The molecule has 1 aliphatic rings. The lowest BCUT2D eigenvalue weighted by atomic mass is 9.62. The molecule has 0 atom stereocenters. The zero-order valence-electron chi connectivity index (χ0n) is 16.2. The van der Waals surface area contributed by atoms with Gasteiger partial charge in [-0.1, -0.05) is 34.6 Å². The van der Waals surface area contributed by atoms with Gasteiger partial charge in [-0.25, -0.2) is 4.39 Å². The zero-order valence-corrected chi connectivity index (χ0v) is 16.2. The van der Waals surface area contributed by atoms with Gasteiger partial charge < -0.3 is 9.47 Å². The first-order valence-electron chi connectivity index (χ1n) is 8.83. The molecule has 3 nitrogen and oxygen atoms in total. The Morgan fingerprint density at radius 2 is 1.72 bits per heavy atom. The molecule has 1 aromatic carbocycles. The second-order valence-electron chi connectivity index (χ2n) is 8.01. The van der Waals surface area contributed by atoms with Crippen LogP contribution in [0.2, 0.25) is 0 Å². The average Bonchev–Trinajstić information content (AvgIpc) is 2.57. The summed E-state index contributed by atoms with van der Waals surface area (Å²) >= 11 is 0. The van der Waals surface area contributed by atoms with Crippen LogP contribution in [-0.4, -0.2) is 20.2 Å². The Balaban J connectivity index is 2.76. The standard InChI is InChI=1S/C21H29FO3/c1-7-14(18(22)12-23)15-10-16-17(11-19(15)25-13-24-6)21(4,5)9-8-20(16,2)3/h10-12H,7-9,13H2,1-6H3. The maximum atomic E-state index is 14.2. The Bertz CT molecular complexity index is 687. The number of hydrogen-bond donors (Lipinski definition) is 0. The lowest BCUT2D eigenvalue weighted by Crippen LogP contribution is -2.34. The van der Waals surface area contributed by atoms with E-state index in [4.69, 9.17) is 9.47 Å². The van der Waals surface area contributed by atoms with E-state index in [1.807, 2.05) is 19.1 Å². The summed E-state index contributed by atoms with van der Waals surface area (Å²) in [6.45, 7) is 10.8. The van der Waals surface area contributed by atoms with Crippen LogP contribution in [-0.2, 0) is 20.4 Å². The summed E-state index contributed by atoms with van der Waals surface area (Å²) in [6, 6.07) is 4.03. The summed E-state index contributed by atoms with van der Waals surface area (Å²) in [5, 5.41) is 0. The van der Waals surface area contributed by atoms with E-state index in [9.17, 15) is 9.18 Å². The van der Waals surface area contributed by atoms with Crippen molar-refractivity contribution in [3.05, 3.63) is 34.6 Å². The summed E-state index contributed by atoms with van der Waals surface area (Å²) in [5.74, 6) is -0.169. The fourth-order valence-electron chi connectivity index (χ4n) is 3.63. The number of allylic oxidation sites excluding steroid dienone is 2. The maximum absolute atomic E-state index is 14.2. The fraction of sp³-hybridized carbons (Fsp3) is 0.571. The molecule has 0 bridgehead atoms. The first-order chi connectivity index (χ1) is 11.7. The van der Waals surface area contributed by atoms with Crippen LogP contribution in [0, 0.1) is 0 Å². The molecule has 0 heterocycles. The molecule has 0 saturated heterocycles. The summed E-state index contributed by atoms with van der Waals surface area (Å²) in [7, 11) is 1.55. The number of ether oxygens (including phenoxy) is 2. The van der Waals surface area contributed by atoms with Crippen LogP contribution in [0.3, 0.4) is 0 Å². The number of carbonyl (C=O) groups is 1. The summed E-state index contributed by atoms with van der Waals surface area (Å²) in [5.41, 5.74) is 3.47. The van der Waals surface area contributed by atoms with Crippen molar-refractivity contribution in [2.45, 2.75) is 64.7 Å². The Hall–Kier alpha value is -1.68. The van der Waals surface area contributed by atoms with E-state index in [-0.39, 0.29) is 23.9 Å². The molecule has 0 aromatic heterocycles. The van der Waals surface area contributed by atoms with Gasteiger partial charge in [0, 0.05) is 18.2 Å². The Morgan fingerprint density at radius 1 is 1.16 bits per heavy atom. The highest BCUT2D eigenvalue weighted by Crippen LogP contribution is 2.49. The molecule has 138 valence electrons. The summed E-state index contributed by atoms with van der Waals surface area (Å²) < 4.78 is 25.0. The van der Waals surface area contributed by atoms with Crippen molar-refractivity contribution < 1.29 is 18.7 Å². The lowest BCUT2D eigenvalue weighted by molar-refractivity contribution is -0.106. The lowest BCUT2D eigenvalue weighted by Gasteiger charge is -2.42. The minimum atomic E-state index is -0.738. The van der Waals surface area contributed by atoms with Crippen molar-refractivity contribution in [1.82, 2.24) is 0 Å². The maximum Gasteiger partial charge on any atom is 0.188 e. The van der Waals surface area contributed by atoms with Gasteiger partial charge in [0.25, 0.3) is 0 Å². The molecule has 0 amide bonds. The minimum absolute atomic E-state index is 0.00407. The highest BCUT2D eigenvalue weighted by atomic mass is 19.1. The molecule has 0 aliphatic heterocycles. The number of halogens is 1. The van der Waals surface area contributed by atoms with E-state index in [2.05, 4.69) is 27.7 Å². The van der Waals surface area contributed by atoms with Crippen molar-refractivity contribution in [1.29, 1.82) is 0 Å². The van der Waals surface area contributed by atoms with Gasteiger partial charge in [-0.05, 0) is 53.4 Å². The van der Waals surface area contributed by atoms with Gasteiger partial charge in [-0.15, -0.1) is 0 Å². The predicted octanol–water partition coefficient (Wildman–Crippen LogP) is 5.31. The molecule has 0 radical (unpaired) electrons. The molecule has 0 fully saturated rings. The van der Waals surface area contributed by atoms with E-state index in [0.717, 1.165) is 12.8 Å². The molecule has 1 aromatic rings. The van der Waals surface area contributed by atoms with Crippen molar-refractivity contribution in [2.24, 2.45) is 0 Å². The van der Waals surface area contributed by atoms with Gasteiger partial charge in [-0.2, -0.15) is 0 Å². The van der Waals surface area contributed by atoms with Crippen LogP contribution in [0.25, 0.3) is 5.57 Å². The number of benzene rings is 1. The van der Waals surface area contributed by atoms with E-state index < -0.39 is 5.83 Å². The van der Waals surface area contributed by atoms with Crippen LogP contribution in [0.1, 0.15) is 70.6 Å². The topological polar surface area (TPSA) is 35.5 Å². The highest BCUT2D eigenvalue weighted by Gasteiger charge is 2.38. The molecule has 0 saturated carbocycles. The van der Waals surface area contributed by atoms with E-state index >= 15 is 0 Å². The molecule has 0 N–H and O–H groups in total. The number of fused-ring (bicyclic) bond motifs is 1. The third-order valence-corrected chi connectivity index (χ3v) is 5.36. The molecule has 0 spiro atoms. The van der Waals surface area contributed by atoms with Crippen LogP contribution in [0.15, 0.2) is 18.0 Å². The average molecular weight is 348 g/mol. The first-order valence-corrected chi connectivity index (χ1v) is 8.83. The monoisotopic (exact) mass is 348 g/mol. The predicted molar refractivity (Wildman–Crippen MR) is 98.6 cm³/mol. The third kappa shape index (κ3) is 3.79. The fourth-order valence-corrected chi connectivity index (χ4v) is 3.63. The van der Waals surface area contributed by atoms with Gasteiger partial charge in [0.1, 0.15) is 5.75 Å². The molecule has 0 unspecified atom stereocenters. The van der Waals surface area contributed by atoms with Crippen LogP contribution >= 0.6 is 0 Å². The molecule has 2 rings (SSSR count). The third-order valence-electron chi connectivity index (χ3n) is 5.36. The molecular weight excluding hydrogens is 319 g/mol. The van der Waals surface area contributed by atoms with Crippen LogP contribution < -0.4 is 4.74 Å². The summed E-state index contributed by atoms with van der Waals surface area (Å²) in [4.78, 5) is 11.0. The van der Waals surface area contributed by atoms with Crippen molar-refractivity contribution >= 4 is 11.9 Å². The quantitative estimate of drug-likeness (QED) is 0.397. The van der Waals surface area contributed by atoms with Crippen molar-refractivity contribution in [3.63, 3.8) is 0 Å². The van der Waals surface area contributed by atoms with Crippen molar-refractivity contribution in [2.75, 3.05) is 13.9 Å². The Morgan fingerprint density at radius 3 is 2.20 bits per heavy atom. The van der Waals surface area contributed by atoms with Gasteiger partial charge in [0.15, 0.2) is 18.9 Å². The SMILES string of the molecule is CCC(=C(F)C=O)c1cc2c(cc1OCOC)C(C)(C)CCC2(C)C. The second kappa shape index (κ2) is 7.28.